The fourth-order valence-corrected chi connectivity index (χ4v) is 2.28. The van der Waals surface area contributed by atoms with Crippen LogP contribution >= 0.6 is 0 Å². The van der Waals surface area contributed by atoms with Crippen molar-refractivity contribution in [2.24, 2.45) is 0 Å². The number of rotatable bonds is 4. The molecular weight excluding hydrogens is 286 g/mol. The van der Waals surface area contributed by atoms with Gasteiger partial charge in [-0.2, -0.15) is 0 Å². The summed E-state index contributed by atoms with van der Waals surface area (Å²) in [5.74, 6) is -0.0787. The van der Waals surface area contributed by atoms with Crippen molar-refractivity contribution in [3.8, 4) is 11.3 Å². The zero-order valence-corrected chi connectivity index (χ0v) is 12.9. The number of carbonyl (C=O) groups excluding carboxylic acids is 1. The molecule has 0 aliphatic rings. The molecule has 0 aliphatic heterocycles. The summed E-state index contributed by atoms with van der Waals surface area (Å²) in [6.45, 7) is 2.42. The van der Waals surface area contributed by atoms with Crippen molar-refractivity contribution in [1.82, 2.24) is 15.3 Å². The Morgan fingerprint density at radius 2 is 2.00 bits per heavy atom. The molecule has 2 heterocycles. The fraction of sp³-hybridized carbons (Fsp3) is 0.105. The Morgan fingerprint density at radius 1 is 1.09 bits per heavy atom. The molecule has 0 aliphatic carbocycles. The van der Waals surface area contributed by atoms with Crippen molar-refractivity contribution in [3.05, 3.63) is 83.8 Å². The molecule has 2 aromatic heterocycles. The Morgan fingerprint density at radius 3 is 2.70 bits per heavy atom. The van der Waals surface area contributed by atoms with Crippen LogP contribution in [0.5, 0.6) is 0 Å². The van der Waals surface area contributed by atoms with E-state index in [2.05, 4.69) is 15.3 Å². The third-order valence-corrected chi connectivity index (χ3v) is 3.52. The molecule has 23 heavy (non-hydrogen) atoms. The molecule has 3 aromatic rings. The number of nitrogens with zero attached hydrogens (tertiary/aromatic N) is 2. The Hall–Kier alpha value is -3.01. The molecule has 1 amide bonds. The highest BCUT2D eigenvalue weighted by atomic mass is 16.1. The number of aryl methyl sites for hydroxylation is 1. The molecule has 0 spiro atoms. The van der Waals surface area contributed by atoms with Gasteiger partial charge < -0.3 is 5.32 Å². The maximum atomic E-state index is 12.1. The lowest BCUT2D eigenvalue weighted by Gasteiger charge is -2.07. The monoisotopic (exact) mass is 303 g/mol. The quantitative estimate of drug-likeness (QED) is 0.804. The van der Waals surface area contributed by atoms with Crippen molar-refractivity contribution in [2.45, 2.75) is 13.5 Å². The number of hydrogen-bond donors (Lipinski definition) is 1. The maximum Gasteiger partial charge on any atom is 0.251 e. The van der Waals surface area contributed by atoms with E-state index in [1.54, 1.807) is 18.6 Å². The van der Waals surface area contributed by atoms with Gasteiger partial charge in [-0.1, -0.05) is 23.8 Å². The third-order valence-electron chi connectivity index (χ3n) is 3.52. The van der Waals surface area contributed by atoms with E-state index in [0.717, 1.165) is 22.4 Å². The van der Waals surface area contributed by atoms with E-state index in [0.29, 0.717) is 12.1 Å². The van der Waals surface area contributed by atoms with Gasteiger partial charge in [0.25, 0.3) is 5.91 Å². The first kappa shape index (κ1) is 14.9. The second-order valence-corrected chi connectivity index (χ2v) is 5.35. The molecule has 114 valence electrons. The zero-order chi connectivity index (χ0) is 16.1. The lowest BCUT2D eigenvalue weighted by molar-refractivity contribution is 0.0951. The molecule has 0 atom stereocenters. The van der Waals surface area contributed by atoms with Crippen LogP contribution in [0.2, 0.25) is 0 Å². The Labute approximate surface area is 135 Å². The largest absolute Gasteiger partial charge is 0.348 e. The van der Waals surface area contributed by atoms with Gasteiger partial charge in [0.2, 0.25) is 0 Å². The minimum Gasteiger partial charge on any atom is -0.348 e. The Balaban J connectivity index is 1.64. The first-order valence-electron chi connectivity index (χ1n) is 7.42. The lowest BCUT2D eigenvalue weighted by Crippen LogP contribution is -2.22. The summed E-state index contributed by atoms with van der Waals surface area (Å²) in [6.07, 6.45) is 5.29. The van der Waals surface area contributed by atoms with Gasteiger partial charge in [-0.3, -0.25) is 14.8 Å². The summed E-state index contributed by atoms with van der Waals surface area (Å²) < 4.78 is 0. The molecule has 1 aromatic carbocycles. The fourth-order valence-electron chi connectivity index (χ4n) is 2.28. The average molecular weight is 303 g/mol. The molecule has 1 N–H and O–H groups in total. The molecule has 0 fully saturated rings. The van der Waals surface area contributed by atoms with Gasteiger partial charge in [0, 0.05) is 36.3 Å². The van der Waals surface area contributed by atoms with E-state index >= 15 is 0 Å². The van der Waals surface area contributed by atoms with Crippen LogP contribution in [0.3, 0.4) is 0 Å². The van der Waals surface area contributed by atoms with Crippen LogP contribution in [0.25, 0.3) is 11.3 Å². The van der Waals surface area contributed by atoms with Gasteiger partial charge >= 0.3 is 0 Å². The Bertz CT molecular complexity index is 798. The highest BCUT2D eigenvalue weighted by Gasteiger charge is 2.05. The van der Waals surface area contributed by atoms with Crippen molar-refractivity contribution in [2.75, 3.05) is 0 Å². The number of hydrogen-bond acceptors (Lipinski definition) is 3. The molecule has 0 bridgehead atoms. The van der Waals surface area contributed by atoms with Crippen LogP contribution in [0, 0.1) is 6.92 Å². The second-order valence-electron chi connectivity index (χ2n) is 5.35. The van der Waals surface area contributed by atoms with Gasteiger partial charge in [-0.15, -0.1) is 0 Å². The molecule has 0 saturated heterocycles. The third kappa shape index (κ3) is 3.80. The molecule has 4 heteroatoms. The zero-order valence-electron chi connectivity index (χ0n) is 12.9. The Kier molecular flexibility index (Phi) is 4.43. The molecule has 3 rings (SSSR count). The topological polar surface area (TPSA) is 54.9 Å². The van der Waals surface area contributed by atoms with Gasteiger partial charge in [0.15, 0.2) is 0 Å². The number of pyridine rings is 2. The van der Waals surface area contributed by atoms with E-state index in [4.69, 9.17) is 0 Å². The average Bonchev–Trinajstić information content (AvgIpc) is 2.61. The van der Waals surface area contributed by atoms with Crippen LogP contribution in [-0.4, -0.2) is 15.9 Å². The summed E-state index contributed by atoms with van der Waals surface area (Å²) in [5, 5.41) is 2.91. The molecule has 0 unspecified atom stereocenters. The predicted molar refractivity (Wildman–Crippen MR) is 89.8 cm³/mol. The molecule has 4 nitrogen and oxygen atoms in total. The molecular formula is C19H17N3O. The second kappa shape index (κ2) is 6.83. The van der Waals surface area contributed by atoms with Gasteiger partial charge in [-0.05, 0) is 42.8 Å². The summed E-state index contributed by atoms with van der Waals surface area (Å²) in [7, 11) is 0. The number of carbonyl (C=O) groups is 1. The van der Waals surface area contributed by atoms with Crippen LogP contribution in [0.1, 0.15) is 21.5 Å². The molecule has 0 saturated carbocycles. The van der Waals surface area contributed by atoms with Crippen molar-refractivity contribution in [1.29, 1.82) is 0 Å². The maximum absolute atomic E-state index is 12.1. The summed E-state index contributed by atoms with van der Waals surface area (Å²) in [5.41, 5.74) is 4.54. The lowest BCUT2D eigenvalue weighted by atomic mass is 10.1. The van der Waals surface area contributed by atoms with Crippen LogP contribution in [0.15, 0.2) is 67.1 Å². The van der Waals surface area contributed by atoms with Crippen molar-refractivity contribution >= 4 is 5.91 Å². The predicted octanol–water partition coefficient (Wildman–Crippen LogP) is 3.38. The summed E-state index contributed by atoms with van der Waals surface area (Å²) in [4.78, 5) is 20.6. The van der Waals surface area contributed by atoms with Crippen LogP contribution < -0.4 is 5.32 Å². The number of benzene rings is 1. The van der Waals surface area contributed by atoms with Crippen LogP contribution in [0.4, 0.5) is 0 Å². The first-order chi connectivity index (χ1) is 11.2. The number of amides is 1. The first-order valence-corrected chi connectivity index (χ1v) is 7.42. The smallest absolute Gasteiger partial charge is 0.251 e. The van der Waals surface area contributed by atoms with Crippen LogP contribution in [-0.2, 0) is 6.54 Å². The number of aromatic nitrogens is 2. The van der Waals surface area contributed by atoms with E-state index in [1.165, 1.54) is 0 Å². The number of nitrogens with one attached hydrogen (secondary N) is 1. The normalized spacial score (nSPS) is 10.3. The van der Waals surface area contributed by atoms with Gasteiger partial charge in [-0.25, -0.2) is 0 Å². The summed E-state index contributed by atoms with van der Waals surface area (Å²) >= 11 is 0. The van der Waals surface area contributed by atoms with E-state index in [1.807, 2.05) is 55.5 Å². The summed E-state index contributed by atoms with van der Waals surface area (Å²) in [6, 6.07) is 15.3. The minimum absolute atomic E-state index is 0.0787. The van der Waals surface area contributed by atoms with Crippen molar-refractivity contribution < 1.29 is 4.79 Å². The highest BCUT2D eigenvalue weighted by Crippen LogP contribution is 2.15. The standard InChI is InChI=1S/C19H17N3O/c1-14-4-2-5-16(10-14)19(23)22-12-15-7-8-18(21-11-15)17-6-3-9-20-13-17/h2-11,13H,12H2,1H3,(H,22,23). The SMILES string of the molecule is Cc1cccc(C(=O)NCc2ccc(-c3cccnc3)nc2)c1. The molecule has 0 radical (unpaired) electrons. The van der Waals surface area contributed by atoms with E-state index in [-0.39, 0.29) is 5.91 Å². The highest BCUT2D eigenvalue weighted by molar-refractivity contribution is 5.94. The van der Waals surface area contributed by atoms with Gasteiger partial charge in [0.05, 0.1) is 5.69 Å². The van der Waals surface area contributed by atoms with E-state index < -0.39 is 0 Å². The minimum atomic E-state index is -0.0787. The van der Waals surface area contributed by atoms with Gasteiger partial charge in [0.1, 0.15) is 0 Å². The van der Waals surface area contributed by atoms with E-state index in [9.17, 15) is 4.79 Å². The van der Waals surface area contributed by atoms with Crippen molar-refractivity contribution in [3.63, 3.8) is 0 Å².